The molecule has 1 aliphatic rings. The normalized spacial score (nSPS) is 21.2. The largest absolute Gasteiger partial charge is 0.357 e. The van der Waals surface area contributed by atoms with Gasteiger partial charge in [0.1, 0.15) is 0 Å². The van der Waals surface area contributed by atoms with Crippen molar-refractivity contribution in [3.05, 3.63) is 16.1 Å². The Morgan fingerprint density at radius 3 is 2.67 bits per heavy atom. The van der Waals surface area contributed by atoms with Gasteiger partial charge in [0.2, 0.25) is 0 Å². The second-order valence-corrected chi connectivity index (χ2v) is 8.18. The van der Waals surface area contributed by atoms with Gasteiger partial charge < -0.3 is 10.2 Å². The topological polar surface area (TPSA) is 40.5 Å². The SMILES string of the molecule is CCNC(=NCCc1ncc(C)s1)N(C)CC1CCC(C)CC1.I. The van der Waals surface area contributed by atoms with Crippen LogP contribution in [0.1, 0.15) is 49.4 Å². The fraction of sp³-hybridized carbons (Fsp3) is 0.778. The molecule has 0 unspecified atom stereocenters. The molecule has 6 heteroatoms. The lowest BCUT2D eigenvalue weighted by Crippen LogP contribution is -2.42. The van der Waals surface area contributed by atoms with Gasteiger partial charge in [-0.25, -0.2) is 4.98 Å². The van der Waals surface area contributed by atoms with Crippen molar-refractivity contribution in [2.75, 3.05) is 26.7 Å². The van der Waals surface area contributed by atoms with Crippen molar-refractivity contribution in [2.24, 2.45) is 16.8 Å². The number of aromatic nitrogens is 1. The molecule has 1 N–H and O–H groups in total. The number of nitrogens with zero attached hydrogens (tertiary/aromatic N) is 3. The number of nitrogens with one attached hydrogen (secondary N) is 1. The Kier molecular flexibility index (Phi) is 10.2. The number of thiazole rings is 1. The first-order valence-corrected chi connectivity index (χ1v) is 9.80. The maximum Gasteiger partial charge on any atom is 0.193 e. The van der Waals surface area contributed by atoms with E-state index in [-0.39, 0.29) is 24.0 Å². The van der Waals surface area contributed by atoms with Crippen molar-refractivity contribution >= 4 is 41.3 Å². The van der Waals surface area contributed by atoms with Gasteiger partial charge in [-0.2, -0.15) is 0 Å². The van der Waals surface area contributed by atoms with Crippen LogP contribution < -0.4 is 5.32 Å². The number of aliphatic imine (C=N–C) groups is 1. The zero-order valence-corrected chi connectivity index (χ0v) is 18.7. The van der Waals surface area contributed by atoms with E-state index < -0.39 is 0 Å². The van der Waals surface area contributed by atoms with Crippen molar-refractivity contribution < 1.29 is 0 Å². The molecule has 0 amide bonds. The third-order valence-corrected chi connectivity index (χ3v) is 5.59. The van der Waals surface area contributed by atoms with Gasteiger partial charge in [-0.1, -0.05) is 19.8 Å². The van der Waals surface area contributed by atoms with Crippen LogP contribution >= 0.6 is 35.3 Å². The molecule has 0 aliphatic heterocycles. The predicted molar refractivity (Wildman–Crippen MR) is 116 cm³/mol. The van der Waals surface area contributed by atoms with Gasteiger partial charge in [0.05, 0.1) is 5.01 Å². The van der Waals surface area contributed by atoms with E-state index in [2.05, 4.69) is 43.0 Å². The average Bonchev–Trinajstić information content (AvgIpc) is 2.94. The van der Waals surface area contributed by atoms with Crippen LogP contribution in [0.4, 0.5) is 0 Å². The smallest absolute Gasteiger partial charge is 0.193 e. The summed E-state index contributed by atoms with van der Waals surface area (Å²) >= 11 is 1.78. The summed E-state index contributed by atoms with van der Waals surface area (Å²) in [6.45, 7) is 9.46. The summed E-state index contributed by atoms with van der Waals surface area (Å²) in [5.41, 5.74) is 0. The van der Waals surface area contributed by atoms with Crippen LogP contribution in [-0.4, -0.2) is 42.5 Å². The van der Waals surface area contributed by atoms with E-state index in [1.807, 2.05) is 6.20 Å². The molecule has 1 heterocycles. The molecule has 0 aromatic carbocycles. The summed E-state index contributed by atoms with van der Waals surface area (Å²) in [7, 11) is 2.17. The Bertz CT molecular complexity index is 495. The maximum absolute atomic E-state index is 4.80. The molecule has 4 nitrogen and oxygen atoms in total. The Hall–Kier alpha value is -0.370. The van der Waals surface area contributed by atoms with Crippen molar-refractivity contribution in [3.8, 4) is 0 Å². The predicted octanol–water partition coefficient (Wildman–Crippen LogP) is 4.34. The number of rotatable bonds is 6. The highest BCUT2D eigenvalue weighted by Gasteiger charge is 2.20. The first-order chi connectivity index (χ1) is 11.1. The molecule has 1 aromatic heterocycles. The Balaban J connectivity index is 0.00000288. The second kappa shape index (κ2) is 11.3. The van der Waals surface area contributed by atoms with E-state index in [0.29, 0.717) is 0 Å². The molecule has 0 radical (unpaired) electrons. The van der Waals surface area contributed by atoms with Gasteiger partial charge in [-0.15, -0.1) is 35.3 Å². The molecule has 0 bridgehead atoms. The zero-order valence-electron chi connectivity index (χ0n) is 15.5. The van der Waals surface area contributed by atoms with Crippen molar-refractivity contribution in [2.45, 2.75) is 52.9 Å². The summed E-state index contributed by atoms with van der Waals surface area (Å²) in [5, 5.41) is 4.62. The molecule has 1 saturated carbocycles. The molecule has 1 aromatic rings. The molecule has 1 aliphatic carbocycles. The lowest BCUT2D eigenvalue weighted by Gasteiger charge is -2.31. The van der Waals surface area contributed by atoms with E-state index >= 15 is 0 Å². The number of hydrogen-bond acceptors (Lipinski definition) is 3. The highest BCUT2D eigenvalue weighted by Crippen LogP contribution is 2.28. The van der Waals surface area contributed by atoms with E-state index in [9.17, 15) is 0 Å². The van der Waals surface area contributed by atoms with Crippen LogP contribution in [0, 0.1) is 18.8 Å². The van der Waals surface area contributed by atoms with Crippen LogP contribution in [0.25, 0.3) is 0 Å². The summed E-state index contributed by atoms with van der Waals surface area (Å²) in [5.74, 6) is 2.78. The molecule has 0 atom stereocenters. The molecule has 0 saturated heterocycles. The molecule has 0 spiro atoms. The lowest BCUT2D eigenvalue weighted by atomic mass is 9.83. The number of aryl methyl sites for hydroxylation is 1. The molecular weight excluding hydrogens is 431 g/mol. The van der Waals surface area contributed by atoms with Crippen LogP contribution in [-0.2, 0) is 6.42 Å². The quantitative estimate of drug-likeness (QED) is 0.387. The van der Waals surface area contributed by atoms with Crippen LogP contribution in [0.5, 0.6) is 0 Å². The third-order valence-electron chi connectivity index (χ3n) is 4.62. The molecule has 138 valence electrons. The van der Waals surface area contributed by atoms with Crippen LogP contribution in [0.3, 0.4) is 0 Å². The van der Waals surface area contributed by atoms with Gasteiger partial charge in [0.25, 0.3) is 0 Å². The van der Waals surface area contributed by atoms with E-state index in [0.717, 1.165) is 43.9 Å². The Morgan fingerprint density at radius 2 is 2.08 bits per heavy atom. The van der Waals surface area contributed by atoms with E-state index in [1.54, 1.807) is 11.3 Å². The number of guanidine groups is 1. The Labute approximate surface area is 168 Å². The van der Waals surface area contributed by atoms with Gasteiger partial charge in [0.15, 0.2) is 5.96 Å². The van der Waals surface area contributed by atoms with E-state index in [1.165, 1.54) is 35.6 Å². The first-order valence-electron chi connectivity index (χ1n) is 8.99. The first kappa shape index (κ1) is 21.7. The summed E-state index contributed by atoms with van der Waals surface area (Å²) in [4.78, 5) is 12.8. The Morgan fingerprint density at radius 1 is 1.38 bits per heavy atom. The monoisotopic (exact) mass is 464 g/mol. The molecular formula is C18H33IN4S. The van der Waals surface area contributed by atoms with Crippen molar-refractivity contribution in [3.63, 3.8) is 0 Å². The summed E-state index contributed by atoms with van der Waals surface area (Å²) < 4.78 is 0. The van der Waals surface area contributed by atoms with Crippen LogP contribution in [0.2, 0.25) is 0 Å². The molecule has 2 rings (SSSR count). The maximum atomic E-state index is 4.80. The number of halogens is 1. The second-order valence-electron chi connectivity index (χ2n) is 6.86. The van der Waals surface area contributed by atoms with Crippen molar-refractivity contribution in [1.29, 1.82) is 0 Å². The fourth-order valence-electron chi connectivity index (χ4n) is 3.23. The van der Waals surface area contributed by atoms with Crippen molar-refractivity contribution in [1.82, 2.24) is 15.2 Å². The van der Waals surface area contributed by atoms with E-state index in [4.69, 9.17) is 4.99 Å². The van der Waals surface area contributed by atoms with Crippen LogP contribution in [0.15, 0.2) is 11.2 Å². The fourth-order valence-corrected chi connectivity index (χ4v) is 4.01. The molecule has 24 heavy (non-hydrogen) atoms. The van der Waals surface area contributed by atoms with Gasteiger partial charge in [0, 0.05) is 44.2 Å². The number of hydrogen-bond donors (Lipinski definition) is 1. The van der Waals surface area contributed by atoms with Gasteiger partial charge >= 0.3 is 0 Å². The summed E-state index contributed by atoms with van der Waals surface area (Å²) in [6.07, 6.45) is 8.38. The average molecular weight is 464 g/mol. The van der Waals surface area contributed by atoms with Gasteiger partial charge in [-0.05, 0) is 38.5 Å². The highest BCUT2D eigenvalue weighted by molar-refractivity contribution is 14.0. The lowest BCUT2D eigenvalue weighted by molar-refractivity contribution is 0.250. The zero-order chi connectivity index (χ0) is 16.7. The summed E-state index contributed by atoms with van der Waals surface area (Å²) in [6, 6.07) is 0. The molecule has 1 fully saturated rings. The minimum absolute atomic E-state index is 0. The third kappa shape index (κ3) is 7.25. The van der Waals surface area contributed by atoms with Gasteiger partial charge in [-0.3, -0.25) is 4.99 Å². The standard InChI is InChI=1S/C18H32N4S.HI/c1-5-19-18(20-11-10-17-21-12-15(3)23-17)22(4)13-16-8-6-14(2)7-9-16;/h12,14,16H,5-11,13H2,1-4H3,(H,19,20);1H. The minimum atomic E-state index is 0. The highest BCUT2D eigenvalue weighted by atomic mass is 127. The minimum Gasteiger partial charge on any atom is -0.357 e.